The Balaban J connectivity index is 0.00000364. The average molecular weight is 480 g/mol. The van der Waals surface area contributed by atoms with Gasteiger partial charge in [-0.25, -0.2) is 4.99 Å². The maximum atomic E-state index is 12.1. The van der Waals surface area contributed by atoms with Gasteiger partial charge in [-0.05, 0) is 30.5 Å². The molecule has 0 aliphatic carbocycles. The minimum absolute atomic E-state index is 0. The van der Waals surface area contributed by atoms with Gasteiger partial charge in [-0.15, -0.1) is 24.0 Å². The van der Waals surface area contributed by atoms with Gasteiger partial charge in [0.25, 0.3) is 0 Å². The van der Waals surface area contributed by atoms with Crippen LogP contribution < -0.4 is 10.6 Å². The standard InChI is InChI=1S/C21H28N4O.HI/c1-4-22-21(25(3)16-19-13-9-8-10-17(19)2)24-15-20(26)23-14-18-11-6-5-7-12-18;/h5-13H,4,14-16H2,1-3H3,(H,22,24)(H,23,26);1H. The van der Waals surface area contributed by atoms with E-state index in [1.807, 2.05) is 61.3 Å². The predicted molar refractivity (Wildman–Crippen MR) is 122 cm³/mol. The molecular formula is C21H29IN4O. The summed E-state index contributed by atoms with van der Waals surface area (Å²) < 4.78 is 0. The molecule has 0 radical (unpaired) electrons. The summed E-state index contributed by atoms with van der Waals surface area (Å²) in [5.41, 5.74) is 3.57. The monoisotopic (exact) mass is 480 g/mol. The zero-order chi connectivity index (χ0) is 18.8. The molecule has 0 aliphatic rings. The minimum atomic E-state index is -0.0893. The number of aliphatic imine (C=N–C) groups is 1. The number of carbonyl (C=O) groups excluding carboxylic acids is 1. The molecule has 2 N–H and O–H groups in total. The van der Waals surface area contributed by atoms with Crippen LogP contribution in [0.4, 0.5) is 0 Å². The summed E-state index contributed by atoms with van der Waals surface area (Å²) in [5, 5.41) is 6.15. The van der Waals surface area contributed by atoms with Crippen molar-refractivity contribution in [2.24, 2.45) is 4.99 Å². The van der Waals surface area contributed by atoms with E-state index in [2.05, 4.69) is 34.7 Å². The second-order valence-electron chi connectivity index (χ2n) is 6.22. The number of halogens is 1. The summed E-state index contributed by atoms with van der Waals surface area (Å²) in [6.45, 7) is 6.24. The van der Waals surface area contributed by atoms with Crippen molar-refractivity contribution in [2.75, 3.05) is 20.1 Å². The summed E-state index contributed by atoms with van der Waals surface area (Å²) in [5.74, 6) is 0.638. The highest BCUT2D eigenvalue weighted by atomic mass is 127. The molecule has 5 nitrogen and oxygen atoms in total. The highest BCUT2D eigenvalue weighted by molar-refractivity contribution is 14.0. The number of carbonyl (C=O) groups is 1. The first-order chi connectivity index (χ1) is 12.6. The molecule has 6 heteroatoms. The second kappa shape index (κ2) is 12.3. The third-order valence-corrected chi connectivity index (χ3v) is 4.07. The largest absolute Gasteiger partial charge is 0.357 e. The number of hydrogen-bond acceptors (Lipinski definition) is 2. The molecule has 0 heterocycles. The maximum Gasteiger partial charge on any atom is 0.242 e. The molecule has 146 valence electrons. The van der Waals surface area contributed by atoms with Gasteiger partial charge < -0.3 is 15.5 Å². The number of rotatable bonds is 7. The molecule has 0 atom stereocenters. The number of nitrogens with zero attached hydrogens (tertiary/aromatic N) is 2. The Morgan fingerprint density at radius 2 is 1.70 bits per heavy atom. The van der Waals surface area contributed by atoms with Gasteiger partial charge in [-0.1, -0.05) is 54.6 Å². The SMILES string of the molecule is CCNC(=NCC(=O)NCc1ccccc1)N(C)Cc1ccccc1C.I. The van der Waals surface area contributed by atoms with E-state index >= 15 is 0 Å². The number of amides is 1. The Morgan fingerprint density at radius 3 is 2.37 bits per heavy atom. The van der Waals surface area contributed by atoms with Gasteiger partial charge >= 0.3 is 0 Å². The summed E-state index contributed by atoms with van der Waals surface area (Å²) in [6, 6.07) is 18.2. The summed E-state index contributed by atoms with van der Waals surface area (Å²) in [7, 11) is 1.98. The van der Waals surface area contributed by atoms with Crippen molar-refractivity contribution in [2.45, 2.75) is 26.9 Å². The van der Waals surface area contributed by atoms with Gasteiger partial charge in [-0.3, -0.25) is 4.79 Å². The molecule has 2 rings (SSSR count). The van der Waals surface area contributed by atoms with Crippen molar-refractivity contribution in [1.82, 2.24) is 15.5 Å². The summed E-state index contributed by atoms with van der Waals surface area (Å²) in [6.07, 6.45) is 0. The smallest absolute Gasteiger partial charge is 0.242 e. The Bertz CT molecular complexity index is 734. The molecule has 0 saturated heterocycles. The van der Waals surface area contributed by atoms with E-state index in [1.54, 1.807) is 0 Å². The van der Waals surface area contributed by atoms with Crippen LogP contribution in [-0.2, 0) is 17.9 Å². The Hall–Kier alpha value is -2.09. The first-order valence-corrected chi connectivity index (χ1v) is 8.94. The van der Waals surface area contributed by atoms with Crippen molar-refractivity contribution in [1.29, 1.82) is 0 Å². The van der Waals surface area contributed by atoms with Gasteiger partial charge in [-0.2, -0.15) is 0 Å². The van der Waals surface area contributed by atoms with Crippen LogP contribution in [0.15, 0.2) is 59.6 Å². The molecule has 0 spiro atoms. The molecule has 2 aromatic carbocycles. The van der Waals surface area contributed by atoms with Crippen LogP contribution in [0.1, 0.15) is 23.6 Å². The second-order valence-corrected chi connectivity index (χ2v) is 6.22. The van der Waals surface area contributed by atoms with E-state index in [1.165, 1.54) is 11.1 Å². The zero-order valence-electron chi connectivity index (χ0n) is 16.2. The predicted octanol–water partition coefficient (Wildman–Crippen LogP) is 3.33. The highest BCUT2D eigenvalue weighted by Gasteiger charge is 2.09. The van der Waals surface area contributed by atoms with E-state index < -0.39 is 0 Å². The van der Waals surface area contributed by atoms with Crippen LogP contribution in [0.3, 0.4) is 0 Å². The summed E-state index contributed by atoms with van der Waals surface area (Å²) in [4.78, 5) is 18.6. The van der Waals surface area contributed by atoms with E-state index in [0.717, 1.165) is 24.6 Å². The lowest BCUT2D eigenvalue weighted by Crippen LogP contribution is -2.39. The molecule has 0 bridgehead atoms. The van der Waals surface area contributed by atoms with E-state index in [9.17, 15) is 4.79 Å². The van der Waals surface area contributed by atoms with Crippen molar-refractivity contribution in [3.05, 3.63) is 71.3 Å². The van der Waals surface area contributed by atoms with Gasteiger partial charge in [0, 0.05) is 26.7 Å². The minimum Gasteiger partial charge on any atom is -0.357 e. The first kappa shape index (κ1) is 23.0. The van der Waals surface area contributed by atoms with Gasteiger partial charge in [0.15, 0.2) is 5.96 Å². The fourth-order valence-electron chi connectivity index (χ4n) is 2.59. The maximum absolute atomic E-state index is 12.1. The van der Waals surface area contributed by atoms with E-state index in [0.29, 0.717) is 6.54 Å². The quantitative estimate of drug-likeness (QED) is 0.363. The topological polar surface area (TPSA) is 56.7 Å². The number of guanidine groups is 1. The molecule has 0 aliphatic heterocycles. The van der Waals surface area contributed by atoms with Crippen molar-refractivity contribution in [3.63, 3.8) is 0 Å². The van der Waals surface area contributed by atoms with Gasteiger partial charge in [0.1, 0.15) is 6.54 Å². The zero-order valence-corrected chi connectivity index (χ0v) is 18.6. The molecule has 27 heavy (non-hydrogen) atoms. The molecule has 2 aromatic rings. The summed E-state index contributed by atoms with van der Waals surface area (Å²) >= 11 is 0. The molecule has 0 fully saturated rings. The molecular weight excluding hydrogens is 451 g/mol. The van der Waals surface area contributed by atoms with Crippen molar-refractivity contribution < 1.29 is 4.79 Å². The number of aryl methyl sites for hydroxylation is 1. The van der Waals surface area contributed by atoms with E-state index in [4.69, 9.17) is 0 Å². The van der Waals surface area contributed by atoms with Crippen molar-refractivity contribution in [3.8, 4) is 0 Å². The first-order valence-electron chi connectivity index (χ1n) is 8.94. The van der Waals surface area contributed by atoms with Crippen LogP contribution in [0.2, 0.25) is 0 Å². The Labute approximate surface area is 179 Å². The highest BCUT2D eigenvalue weighted by Crippen LogP contribution is 2.09. The normalized spacial score (nSPS) is 10.7. The Kier molecular flexibility index (Phi) is 10.5. The Morgan fingerprint density at radius 1 is 1.04 bits per heavy atom. The average Bonchev–Trinajstić information content (AvgIpc) is 2.66. The number of benzene rings is 2. The number of nitrogens with one attached hydrogen (secondary N) is 2. The van der Waals surface area contributed by atoms with Crippen LogP contribution in [0.25, 0.3) is 0 Å². The fraction of sp³-hybridized carbons (Fsp3) is 0.333. The van der Waals surface area contributed by atoms with Crippen LogP contribution >= 0.6 is 24.0 Å². The van der Waals surface area contributed by atoms with Crippen LogP contribution in [-0.4, -0.2) is 36.9 Å². The lowest BCUT2D eigenvalue weighted by atomic mass is 10.1. The number of hydrogen-bond donors (Lipinski definition) is 2. The van der Waals surface area contributed by atoms with Crippen molar-refractivity contribution >= 4 is 35.8 Å². The molecule has 1 amide bonds. The lowest BCUT2D eigenvalue weighted by Gasteiger charge is -2.23. The van der Waals surface area contributed by atoms with Crippen LogP contribution in [0, 0.1) is 6.92 Å². The molecule has 0 saturated carbocycles. The van der Waals surface area contributed by atoms with E-state index in [-0.39, 0.29) is 36.4 Å². The molecule has 0 unspecified atom stereocenters. The van der Waals surface area contributed by atoms with Gasteiger partial charge in [0.2, 0.25) is 5.91 Å². The fourth-order valence-corrected chi connectivity index (χ4v) is 2.59. The molecule has 0 aromatic heterocycles. The lowest BCUT2D eigenvalue weighted by molar-refractivity contribution is -0.119. The third kappa shape index (κ3) is 7.99. The van der Waals surface area contributed by atoms with Gasteiger partial charge in [0.05, 0.1) is 0 Å². The van der Waals surface area contributed by atoms with Crippen LogP contribution in [0.5, 0.6) is 0 Å². The third-order valence-electron chi connectivity index (χ3n) is 4.07.